The molecule has 4 aliphatic heterocycles. The van der Waals surface area contributed by atoms with Gasteiger partial charge in [0, 0.05) is 18.3 Å². The lowest BCUT2D eigenvalue weighted by Crippen LogP contribution is -2.70. The summed E-state index contributed by atoms with van der Waals surface area (Å²) in [5, 5.41) is 0. The molecule has 1 aromatic carbocycles. The van der Waals surface area contributed by atoms with Crippen LogP contribution in [0.5, 0.6) is 5.75 Å². The molecule has 7 nitrogen and oxygen atoms in total. The maximum absolute atomic E-state index is 11.7. The lowest BCUT2D eigenvalue weighted by Gasteiger charge is -2.60. The molecule has 6 rings (SSSR count). The first-order valence-electron chi connectivity index (χ1n) is 10.9. The van der Waals surface area contributed by atoms with Gasteiger partial charge in [-0.15, -0.1) is 0 Å². The fourth-order valence-electron chi connectivity index (χ4n) is 5.93. The summed E-state index contributed by atoms with van der Waals surface area (Å²) in [5.74, 6) is 0.611. The van der Waals surface area contributed by atoms with Crippen molar-refractivity contribution in [1.82, 2.24) is 0 Å². The largest absolute Gasteiger partial charge is 0.465 e. The molecular formula is C23H30O7. The van der Waals surface area contributed by atoms with Crippen molar-refractivity contribution < 1.29 is 33.5 Å². The van der Waals surface area contributed by atoms with Gasteiger partial charge in [-0.2, -0.15) is 0 Å². The van der Waals surface area contributed by atoms with E-state index in [2.05, 4.69) is 13.8 Å². The van der Waals surface area contributed by atoms with Gasteiger partial charge < -0.3 is 18.9 Å². The Labute approximate surface area is 176 Å². The second-order valence-corrected chi connectivity index (χ2v) is 9.41. The second kappa shape index (κ2) is 7.19. The molecule has 5 aliphatic rings. The van der Waals surface area contributed by atoms with E-state index in [4.69, 9.17) is 28.7 Å². The maximum Gasteiger partial charge on any atom is 0.337 e. The molecule has 1 saturated carbocycles. The first-order valence-corrected chi connectivity index (χ1v) is 10.9. The van der Waals surface area contributed by atoms with Crippen molar-refractivity contribution in [3.63, 3.8) is 0 Å². The Hall–Kier alpha value is -1.67. The number of esters is 1. The average molecular weight is 418 g/mol. The monoisotopic (exact) mass is 418 g/mol. The average Bonchev–Trinajstić information content (AvgIpc) is 2.98. The van der Waals surface area contributed by atoms with Crippen molar-refractivity contribution in [2.24, 2.45) is 23.7 Å². The molecule has 0 amide bonds. The molecule has 1 spiro atoms. The van der Waals surface area contributed by atoms with E-state index < -0.39 is 24.0 Å². The van der Waals surface area contributed by atoms with Crippen LogP contribution < -0.4 is 4.74 Å². The Morgan fingerprint density at radius 3 is 2.57 bits per heavy atom. The minimum Gasteiger partial charge on any atom is -0.465 e. The second-order valence-electron chi connectivity index (χ2n) is 9.41. The summed E-state index contributed by atoms with van der Waals surface area (Å²) in [4.78, 5) is 23.7. The van der Waals surface area contributed by atoms with E-state index in [1.807, 2.05) is 6.92 Å². The summed E-state index contributed by atoms with van der Waals surface area (Å²) < 4.78 is 23.8. The summed E-state index contributed by atoms with van der Waals surface area (Å²) >= 11 is 0. The highest BCUT2D eigenvalue weighted by Crippen LogP contribution is 2.60. The molecule has 4 heterocycles. The number of benzene rings is 1. The number of methoxy groups -OCH3 is 1. The van der Waals surface area contributed by atoms with Gasteiger partial charge in [0.15, 0.2) is 11.9 Å². The molecule has 164 valence electrons. The van der Waals surface area contributed by atoms with Crippen molar-refractivity contribution in [2.45, 2.75) is 70.4 Å². The summed E-state index contributed by atoms with van der Waals surface area (Å²) in [7, 11) is 1.37. The number of hydrogen-bond donors (Lipinski definition) is 0. The van der Waals surface area contributed by atoms with Crippen molar-refractivity contribution in [3.8, 4) is 5.75 Å². The van der Waals surface area contributed by atoms with Gasteiger partial charge in [0.2, 0.25) is 12.1 Å². The molecule has 7 heteroatoms. The highest BCUT2D eigenvalue weighted by Gasteiger charge is 2.69. The third-order valence-corrected chi connectivity index (χ3v) is 7.62. The number of fused-ring (bicyclic) bond motifs is 2. The molecule has 0 aromatic heterocycles. The molecule has 5 fully saturated rings. The molecule has 0 unspecified atom stereocenters. The Bertz CT molecular complexity index is 810. The van der Waals surface area contributed by atoms with E-state index in [1.165, 1.54) is 7.11 Å². The molecule has 0 radical (unpaired) electrons. The van der Waals surface area contributed by atoms with E-state index in [0.717, 1.165) is 25.7 Å². The normalized spacial score (nSPS) is 44.7. The van der Waals surface area contributed by atoms with Crippen LogP contribution in [0.3, 0.4) is 0 Å². The Morgan fingerprint density at radius 1 is 1.07 bits per heavy atom. The predicted octanol–water partition coefficient (Wildman–Crippen LogP) is 4.06. The fraction of sp³-hybridized carbons (Fsp3) is 0.696. The van der Waals surface area contributed by atoms with Crippen molar-refractivity contribution in [1.29, 1.82) is 0 Å². The van der Waals surface area contributed by atoms with Crippen LogP contribution in [-0.2, 0) is 24.0 Å². The molecule has 30 heavy (non-hydrogen) atoms. The van der Waals surface area contributed by atoms with Crippen LogP contribution in [0.1, 0.15) is 56.8 Å². The van der Waals surface area contributed by atoms with Gasteiger partial charge in [0.05, 0.1) is 12.7 Å². The lowest BCUT2D eigenvalue weighted by molar-refractivity contribution is -0.575. The predicted molar refractivity (Wildman–Crippen MR) is 105 cm³/mol. The van der Waals surface area contributed by atoms with E-state index in [0.29, 0.717) is 23.1 Å². The van der Waals surface area contributed by atoms with Crippen LogP contribution in [0.25, 0.3) is 0 Å². The topological polar surface area (TPSA) is 72.5 Å². The Kier molecular flexibility index (Phi) is 4.85. The van der Waals surface area contributed by atoms with Gasteiger partial charge in [0.1, 0.15) is 5.75 Å². The summed E-state index contributed by atoms with van der Waals surface area (Å²) in [6.07, 6.45) is 2.94. The summed E-state index contributed by atoms with van der Waals surface area (Å²) in [6.45, 7) is 6.37. The van der Waals surface area contributed by atoms with E-state index in [-0.39, 0.29) is 17.8 Å². The fourth-order valence-corrected chi connectivity index (χ4v) is 5.93. The SMILES string of the molecule is COC(=O)c1ccc(O[C@H]2O[C@@H]3O[C@@]4(C)CC[C@H]5[C@H](C)CC[C@@H]([C@H]2C)[C@@]35OO4)cc1. The molecule has 1 aliphatic carbocycles. The van der Waals surface area contributed by atoms with Crippen molar-refractivity contribution >= 4 is 5.97 Å². The zero-order valence-corrected chi connectivity index (χ0v) is 18.0. The number of carbonyl (C=O) groups is 1. The summed E-state index contributed by atoms with van der Waals surface area (Å²) in [6, 6.07) is 6.91. The third kappa shape index (κ3) is 2.98. The molecule has 2 bridgehead atoms. The lowest BCUT2D eigenvalue weighted by atomic mass is 9.58. The minimum atomic E-state index is -0.801. The summed E-state index contributed by atoms with van der Waals surface area (Å²) in [5.41, 5.74) is -0.116. The highest BCUT2D eigenvalue weighted by molar-refractivity contribution is 5.89. The Morgan fingerprint density at radius 2 is 1.83 bits per heavy atom. The zero-order valence-electron chi connectivity index (χ0n) is 18.0. The van der Waals surface area contributed by atoms with Crippen LogP contribution in [0.15, 0.2) is 24.3 Å². The first kappa shape index (κ1) is 20.2. The van der Waals surface area contributed by atoms with Crippen LogP contribution >= 0.6 is 0 Å². The standard InChI is InChI=1S/C23H30O7/c1-13-5-10-18-14(2)20(26-16-8-6-15(7-9-16)19(24)25-4)27-21-23(18)17(13)11-12-22(3,28-21)29-30-23/h6-9,13-14,17-18,20-21H,5,10-12H2,1-4H3/t13-,14-,17+,18+,20+,21-,22-,23-/m1/s1. The molecule has 4 saturated heterocycles. The number of ether oxygens (including phenoxy) is 4. The highest BCUT2D eigenvalue weighted by atomic mass is 17.3. The van der Waals surface area contributed by atoms with Crippen molar-refractivity contribution in [2.75, 3.05) is 7.11 Å². The van der Waals surface area contributed by atoms with Crippen LogP contribution in [-0.4, -0.2) is 37.0 Å². The van der Waals surface area contributed by atoms with E-state index >= 15 is 0 Å². The van der Waals surface area contributed by atoms with Crippen LogP contribution in [0.4, 0.5) is 0 Å². The third-order valence-electron chi connectivity index (χ3n) is 7.62. The van der Waals surface area contributed by atoms with E-state index in [1.54, 1.807) is 24.3 Å². The molecule has 0 N–H and O–H groups in total. The van der Waals surface area contributed by atoms with Gasteiger partial charge in [-0.25, -0.2) is 14.6 Å². The van der Waals surface area contributed by atoms with Gasteiger partial charge in [-0.1, -0.05) is 13.8 Å². The molecule has 1 aromatic rings. The van der Waals surface area contributed by atoms with Gasteiger partial charge in [-0.05, 0) is 62.3 Å². The van der Waals surface area contributed by atoms with Gasteiger partial charge >= 0.3 is 5.97 Å². The number of hydrogen-bond acceptors (Lipinski definition) is 7. The van der Waals surface area contributed by atoms with Crippen molar-refractivity contribution in [3.05, 3.63) is 29.8 Å². The number of rotatable bonds is 3. The van der Waals surface area contributed by atoms with Crippen LogP contribution in [0.2, 0.25) is 0 Å². The van der Waals surface area contributed by atoms with Gasteiger partial charge in [0.25, 0.3) is 0 Å². The van der Waals surface area contributed by atoms with Crippen LogP contribution in [0, 0.1) is 23.7 Å². The number of carbonyl (C=O) groups excluding carboxylic acids is 1. The first-order chi connectivity index (χ1) is 14.4. The quantitative estimate of drug-likeness (QED) is 0.541. The molecule has 8 atom stereocenters. The smallest absolute Gasteiger partial charge is 0.337 e. The molecular weight excluding hydrogens is 388 g/mol. The van der Waals surface area contributed by atoms with Gasteiger partial charge in [-0.3, -0.25) is 0 Å². The Balaban J connectivity index is 1.42. The zero-order chi connectivity index (χ0) is 21.1. The van der Waals surface area contributed by atoms with E-state index in [9.17, 15) is 4.79 Å². The minimum absolute atomic E-state index is 0.0891. The maximum atomic E-state index is 11.7.